The van der Waals surface area contributed by atoms with Gasteiger partial charge in [0.05, 0.1) is 30.5 Å². The number of pyridine rings is 1. The normalized spacial score (nSPS) is 22.7. The largest absolute Gasteiger partial charge is 0.389 e. The molecule has 8 nitrogen and oxygen atoms in total. The lowest BCUT2D eigenvalue weighted by molar-refractivity contribution is -0.0136. The van der Waals surface area contributed by atoms with E-state index in [1.54, 1.807) is 0 Å². The van der Waals surface area contributed by atoms with Gasteiger partial charge in [0.1, 0.15) is 17.7 Å². The molecule has 2 aliphatic rings. The Bertz CT molecular complexity index is 1370. The van der Waals surface area contributed by atoms with Gasteiger partial charge in [0.25, 0.3) is 0 Å². The van der Waals surface area contributed by atoms with E-state index in [1.807, 2.05) is 23.3 Å². The average Bonchev–Trinajstić information content (AvgIpc) is 3.26. The Morgan fingerprint density at radius 2 is 2.03 bits per heavy atom. The molecule has 3 aromatic rings. The van der Waals surface area contributed by atoms with Crippen LogP contribution in [0.5, 0.6) is 0 Å². The van der Waals surface area contributed by atoms with E-state index in [9.17, 15) is 18.7 Å². The molecule has 0 saturated carbocycles. The number of aromatic nitrogens is 3. The molecule has 198 valence electrons. The Kier molecular flexibility index (Phi) is 7.19. The molecular formula is C26H30F3N5O3. The lowest BCUT2D eigenvalue weighted by Gasteiger charge is -2.28. The standard InChI is InChI=1S/C26H30F3N5O3/c1-14(2)34-16(12-33-5-3-15(27)11-33)7-23(35)18-8-19(28)17(9-22(18)34)25-20(29)10-30-26(32-25)31-21-4-6-37-13-24(21)36/h7-10,14-15,21,24,36H,3-6,11-13H2,1-2H3,(H,30,31,32)/t15-,21-,24-/m1/s1. The summed E-state index contributed by atoms with van der Waals surface area (Å²) in [6, 6.07) is 3.52. The molecule has 3 atom stereocenters. The van der Waals surface area contributed by atoms with E-state index >= 15 is 4.39 Å². The highest BCUT2D eigenvalue weighted by Crippen LogP contribution is 2.30. The molecule has 5 rings (SSSR count). The zero-order valence-electron chi connectivity index (χ0n) is 20.8. The lowest BCUT2D eigenvalue weighted by atomic mass is 10.0. The number of hydrogen-bond donors (Lipinski definition) is 2. The Hall–Kier alpha value is -3.02. The number of aliphatic hydroxyl groups excluding tert-OH is 1. The summed E-state index contributed by atoms with van der Waals surface area (Å²) in [7, 11) is 0. The van der Waals surface area contributed by atoms with Crippen molar-refractivity contribution in [3.8, 4) is 11.3 Å². The number of benzene rings is 1. The van der Waals surface area contributed by atoms with Crippen LogP contribution in [0.2, 0.25) is 0 Å². The number of alkyl halides is 1. The van der Waals surface area contributed by atoms with Crippen molar-refractivity contribution in [2.45, 2.75) is 57.6 Å². The van der Waals surface area contributed by atoms with Crippen LogP contribution >= 0.6 is 0 Å². The highest BCUT2D eigenvalue weighted by molar-refractivity contribution is 5.85. The van der Waals surface area contributed by atoms with Crippen LogP contribution in [0, 0.1) is 11.6 Å². The minimum atomic E-state index is -0.897. The van der Waals surface area contributed by atoms with Gasteiger partial charge in [-0.3, -0.25) is 9.69 Å². The highest BCUT2D eigenvalue weighted by Gasteiger charge is 2.26. The first-order valence-corrected chi connectivity index (χ1v) is 12.5. The highest BCUT2D eigenvalue weighted by atomic mass is 19.1. The van der Waals surface area contributed by atoms with E-state index in [2.05, 4.69) is 15.3 Å². The van der Waals surface area contributed by atoms with Gasteiger partial charge in [-0.1, -0.05) is 0 Å². The van der Waals surface area contributed by atoms with Gasteiger partial charge in [0, 0.05) is 55.0 Å². The second kappa shape index (κ2) is 10.4. The van der Waals surface area contributed by atoms with Gasteiger partial charge in [-0.15, -0.1) is 0 Å². The minimum absolute atomic E-state index is 0.0478. The summed E-state index contributed by atoms with van der Waals surface area (Å²) < 4.78 is 51.1. The Morgan fingerprint density at radius 1 is 1.22 bits per heavy atom. The Labute approximate surface area is 212 Å². The van der Waals surface area contributed by atoms with Crippen molar-refractivity contribution in [3.05, 3.63) is 51.9 Å². The number of rotatable bonds is 6. The number of anilines is 1. The Balaban J connectivity index is 1.58. The van der Waals surface area contributed by atoms with Crippen LogP contribution in [-0.2, 0) is 11.3 Å². The molecule has 0 amide bonds. The summed E-state index contributed by atoms with van der Waals surface area (Å²) in [4.78, 5) is 23.1. The smallest absolute Gasteiger partial charge is 0.223 e. The number of nitrogens with zero attached hydrogens (tertiary/aromatic N) is 4. The van der Waals surface area contributed by atoms with Crippen LogP contribution < -0.4 is 10.7 Å². The maximum absolute atomic E-state index is 15.3. The van der Waals surface area contributed by atoms with E-state index < -0.39 is 30.0 Å². The molecule has 0 spiro atoms. The van der Waals surface area contributed by atoms with Crippen molar-refractivity contribution < 1.29 is 23.0 Å². The van der Waals surface area contributed by atoms with Crippen molar-refractivity contribution in [1.82, 2.24) is 19.4 Å². The topological polar surface area (TPSA) is 92.5 Å². The first-order valence-electron chi connectivity index (χ1n) is 12.5. The first-order chi connectivity index (χ1) is 17.7. The maximum atomic E-state index is 15.3. The number of nitrogens with one attached hydrogen (secondary N) is 1. The monoisotopic (exact) mass is 517 g/mol. The third-order valence-corrected chi connectivity index (χ3v) is 6.97. The van der Waals surface area contributed by atoms with Crippen LogP contribution in [0.3, 0.4) is 0 Å². The molecule has 1 aromatic carbocycles. The summed E-state index contributed by atoms with van der Waals surface area (Å²) in [6.45, 7) is 5.73. The third-order valence-electron chi connectivity index (χ3n) is 6.97. The van der Waals surface area contributed by atoms with Crippen LogP contribution in [0.25, 0.3) is 22.2 Å². The molecule has 0 unspecified atom stereocenters. The predicted octanol–water partition coefficient (Wildman–Crippen LogP) is 3.42. The summed E-state index contributed by atoms with van der Waals surface area (Å²) in [6.07, 6.45) is 0.220. The van der Waals surface area contributed by atoms with Crippen molar-refractivity contribution in [2.24, 2.45) is 0 Å². The van der Waals surface area contributed by atoms with Gasteiger partial charge in [-0.05, 0) is 38.8 Å². The maximum Gasteiger partial charge on any atom is 0.223 e. The molecule has 0 aliphatic carbocycles. The van der Waals surface area contributed by atoms with E-state index in [0.717, 1.165) is 12.3 Å². The fourth-order valence-electron chi connectivity index (χ4n) is 5.17. The molecule has 2 N–H and O–H groups in total. The van der Waals surface area contributed by atoms with Crippen LogP contribution in [0.4, 0.5) is 19.1 Å². The van der Waals surface area contributed by atoms with Gasteiger partial charge in [-0.2, -0.15) is 0 Å². The van der Waals surface area contributed by atoms with E-state index in [4.69, 9.17) is 4.74 Å². The number of likely N-dealkylation sites (tertiary alicyclic amines) is 1. The molecule has 2 aliphatic heterocycles. The molecular weight excluding hydrogens is 487 g/mol. The molecule has 2 saturated heterocycles. The molecule has 11 heteroatoms. The number of aliphatic hydroxyl groups is 1. The van der Waals surface area contributed by atoms with Crippen molar-refractivity contribution in [1.29, 1.82) is 0 Å². The average molecular weight is 518 g/mol. The third kappa shape index (κ3) is 5.21. The zero-order chi connectivity index (χ0) is 26.3. The molecule has 37 heavy (non-hydrogen) atoms. The van der Waals surface area contributed by atoms with Crippen molar-refractivity contribution >= 4 is 16.9 Å². The number of ether oxygens (including phenoxy) is 1. The molecule has 4 heterocycles. The minimum Gasteiger partial charge on any atom is -0.389 e. The lowest BCUT2D eigenvalue weighted by Crippen LogP contribution is -2.42. The Morgan fingerprint density at radius 3 is 2.73 bits per heavy atom. The van der Waals surface area contributed by atoms with Crippen LogP contribution in [0.15, 0.2) is 29.2 Å². The van der Waals surface area contributed by atoms with Crippen LogP contribution in [0.1, 0.15) is 38.4 Å². The van der Waals surface area contributed by atoms with E-state index in [0.29, 0.717) is 50.3 Å². The summed E-state index contributed by atoms with van der Waals surface area (Å²) >= 11 is 0. The number of hydrogen-bond acceptors (Lipinski definition) is 7. The number of halogens is 3. The summed E-state index contributed by atoms with van der Waals surface area (Å²) in [5.41, 5.74) is 0.392. The molecule has 2 aromatic heterocycles. The van der Waals surface area contributed by atoms with Crippen molar-refractivity contribution in [2.75, 3.05) is 31.6 Å². The van der Waals surface area contributed by atoms with Crippen molar-refractivity contribution in [3.63, 3.8) is 0 Å². The van der Waals surface area contributed by atoms with Gasteiger partial charge >= 0.3 is 0 Å². The number of fused-ring (bicyclic) bond motifs is 1. The molecule has 0 bridgehead atoms. The van der Waals surface area contributed by atoms with Gasteiger partial charge in [0.2, 0.25) is 5.95 Å². The fraction of sp³-hybridized carbons (Fsp3) is 0.500. The molecule has 0 radical (unpaired) electrons. The SMILES string of the molecule is CC(C)n1c(CN2CC[C@@H](F)C2)cc(=O)c2cc(F)c(-c3nc(N[C@@H]4CCOC[C@H]4O)ncc3F)cc21. The van der Waals surface area contributed by atoms with E-state index in [-0.39, 0.29) is 40.7 Å². The van der Waals surface area contributed by atoms with Gasteiger partial charge in [-0.25, -0.2) is 23.1 Å². The summed E-state index contributed by atoms with van der Waals surface area (Å²) in [5, 5.41) is 13.3. The van der Waals surface area contributed by atoms with E-state index in [1.165, 1.54) is 12.1 Å². The second-order valence-corrected chi connectivity index (χ2v) is 10.0. The van der Waals surface area contributed by atoms with Crippen LogP contribution in [-0.4, -0.2) is 69.2 Å². The fourth-order valence-corrected chi connectivity index (χ4v) is 5.17. The zero-order valence-corrected chi connectivity index (χ0v) is 20.8. The second-order valence-electron chi connectivity index (χ2n) is 10.0. The first kappa shape index (κ1) is 25.6. The van der Waals surface area contributed by atoms with Gasteiger partial charge in [0.15, 0.2) is 11.2 Å². The summed E-state index contributed by atoms with van der Waals surface area (Å²) in [5.74, 6) is -1.56. The quantitative estimate of drug-likeness (QED) is 0.518. The predicted molar refractivity (Wildman–Crippen MR) is 133 cm³/mol. The molecule has 2 fully saturated rings. The van der Waals surface area contributed by atoms with Gasteiger partial charge < -0.3 is 19.7 Å².